The molecule has 8 rings (SSSR count). The molecule has 4 aliphatic carbocycles. The van der Waals surface area contributed by atoms with E-state index in [0.29, 0.717) is 30.0 Å². The van der Waals surface area contributed by atoms with Crippen molar-refractivity contribution >= 4 is 17.0 Å². The van der Waals surface area contributed by atoms with Crippen molar-refractivity contribution in [2.45, 2.75) is 101 Å². The van der Waals surface area contributed by atoms with E-state index in [2.05, 4.69) is 19.9 Å². The van der Waals surface area contributed by atoms with Gasteiger partial charge in [-0.05, 0) is 70.6 Å². The number of carboxylic acid groups (broad SMARTS) is 1. The molecule has 0 radical (unpaired) electrons. The van der Waals surface area contributed by atoms with Crippen LogP contribution in [0.4, 0.5) is 26.3 Å². The summed E-state index contributed by atoms with van der Waals surface area (Å²) in [7, 11) is 1.59. The number of alkyl halides is 6. The summed E-state index contributed by atoms with van der Waals surface area (Å²) in [4.78, 5) is 31.5. The van der Waals surface area contributed by atoms with Gasteiger partial charge in [0, 0.05) is 36.3 Å². The molecule has 0 atom stereocenters. The highest BCUT2D eigenvalue weighted by molar-refractivity contribution is 5.77. The first-order valence-corrected chi connectivity index (χ1v) is 15.6. The molecule has 0 saturated heterocycles. The average molecular weight is 681 g/mol. The quantitative estimate of drug-likeness (QED) is 0.207. The number of halogens is 6. The zero-order valence-corrected chi connectivity index (χ0v) is 26.4. The summed E-state index contributed by atoms with van der Waals surface area (Å²) in [5, 5.41) is 12.7. The first kappa shape index (κ1) is 33.6. The minimum absolute atomic E-state index is 0.0145. The van der Waals surface area contributed by atoms with Gasteiger partial charge in [-0.1, -0.05) is 0 Å². The van der Waals surface area contributed by atoms with Crippen molar-refractivity contribution in [1.82, 2.24) is 39.3 Å². The number of aliphatic carboxylic acids is 1. The van der Waals surface area contributed by atoms with Gasteiger partial charge in [0.25, 0.3) is 0 Å². The van der Waals surface area contributed by atoms with Crippen molar-refractivity contribution in [1.29, 1.82) is 0 Å². The zero-order valence-electron chi connectivity index (χ0n) is 26.4. The molecule has 0 aliphatic heterocycles. The van der Waals surface area contributed by atoms with E-state index in [1.54, 1.807) is 24.1 Å². The van der Waals surface area contributed by atoms with Gasteiger partial charge < -0.3 is 14.4 Å². The Labute approximate surface area is 270 Å². The van der Waals surface area contributed by atoms with Crippen LogP contribution in [0.2, 0.25) is 0 Å². The van der Waals surface area contributed by atoms with Crippen molar-refractivity contribution in [3.63, 3.8) is 0 Å². The van der Waals surface area contributed by atoms with E-state index in [0.717, 1.165) is 73.7 Å². The summed E-state index contributed by atoms with van der Waals surface area (Å²) in [6.45, 7) is 4.54. The molecule has 4 saturated carbocycles. The Kier molecular flexibility index (Phi) is 8.38. The number of fused-ring (bicyclic) bond motifs is 4. The maximum Gasteiger partial charge on any atom is 0.490 e. The minimum atomic E-state index is -5.08. The number of nitrogens with zero attached hydrogens (tertiary/aromatic N) is 8. The van der Waals surface area contributed by atoms with Crippen LogP contribution in [-0.2, 0) is 22.9 Å². The second kappa shape index (κ2) is 12.0. The standard InChI is InChI=1S/C29H33F3N8O.C2HF3O2/c1-17(2)39-14-20(29(30,31)32)37-26(39)28-9-6-27(7-10-28,8-11-28)15-40-24-19(13-36-40)12-33-23(38-24)21-22(18-4-5-18)34-16-35-25(21)41-3;3-2(4,5)1(6)7/h12-14,16-18H,4-11,15H2,1-3H3;(H,6,7). The molecular weight excluding hydrogens is 646 g/mol. The van der Waals surface area contributed by atoms with E-state index < -0.39 is 24.0 Å². The predicted octanol–water partition coefficient (Wildman–Crippen LogP) is 6.89. The molecule has 11 nitrogen and oxygen atoms in total. The van der Waals surface area contributed by atoms with Gasteiger partial charge in [-0.2, -0.15) is 31.4 Å². The second-order valence-electron chi connectivity index (χ2n) is 13.2. The van der Waals surface area contributed by atoms with Crippen molar-refractivity contribution in [3.8, 4) is 17.3 Å². The topological polar surface area (TPSA) is 134 Å². The smallest absolute Gasteiger partial charge is 0.480 e. The van der Waals surface area contributed by atoms with Crippen LogP contribution in [0.5, 0.6) is 5.88 Å². The van der Waals surface area contributed by atoms with Gasteiger partial charge in [0.1, 0.15) is 17.7 Å². The summed E-state index contributed by atoms with van der Waals surface area (Å²) >= 11 is 0. The Morgan fingerprint density at radius 1 is 1.00 bits per heavy atom. The van der Waals surface area contributed by atoms with Crippen LogP contribution >= 0.6 is 0 Å². The highest BCUT2D eigenvalue weighted by atomic mass is 19.4. The Morgan fingerprint density at radius 2 is 1.65 bits per heavy atom. The number of ether oxygens (including phenoxy) is 1. The lowest BCUT2D eigenvalue weighted by molar-refractivity contribution is -0.192. The third kappa shape index (κ3) is 6.30. The molecule has 0 aromatic carbocycles. The molecule has 4 aromatic rings. The molecule has 4 aliphatic rings. The number of carboxylic acids is 1. The third-order valence-corrected chi connectivity index (χ3v) is 9.78. The van der Waals surface area contributed by atoms with Crippen LogP contribution in [0.3, 0.4) is 0 Å². The van der Waals surface area contributed by atoms with E-state index in [-0.39, 0.29) is 16.9 Å². The number of methoxy groups -OCH3 is 1. The number of carbonyl (C=O) groups is 1. The number of hydrogen-bond acceptors (Lipinski definition) is 8. The molecule has 2 bridgehead atoms. The predicted molar refractivity (Wildman–Crippen MR) is 158 cm³/mol. The van der Waals surface area contributed by atoms with E-state index in [9.17, 15) is 26.3 Å². The van der Waals surface area contributed by atoms with Crippen molar-refractivity contribution in [2.75, 3.05) is 7.11 Å². The Morgan fingerprint density at radius 3 is 2.19 bits per heavy atom. The van der Waals surface area contributed by atoms with Crippen molar-refractivity contribution < 1.29 is 41.0 Å². The van der Waals surface area contributed by atoms with E-state index in [1.807, 2.05) is 18.5 Å². The molecule has 17 heteroatoms. The lowest BCUT2D eigenvalue weighted by Gasteiger charge is -2.53. The Balaban J connectivity index is 0.000000519. The van der Waals surface area contributed by atoms with Crippen molar-refractivity contribution in [3.05, 3.63) is 42.1 Å². The fourth-order valence-corrected chi connectivity index (χ4v) is 6.99. The number of hydrogen-bond donors (Lipinski definition) is 1. The summed E-state index contributed by atoms with van der Waals surface area (Å²) in [5.74, 6) is -0.792. The van der Waals surface area contributed by atoms with Gasteiger partial charge in [0.15, 0.2) is 17.2 Å². The molecule has 1 N–H and O–H groups in total. The first-order chi connectivity index (χ1) is 22.6. The van der Waals surface area contributed by atoms with Crippen LogP contribution in [0.1, 0.15) is 94.4 Å². The zero-order chi connectivity index (χ0) is 34.6. The number of rotatable bonds is 7. The lowest BCUT2D eigenvalue weighted by atomic mass is 9.53. The summed E-state index contributed by atoms with van der Waals surface area (Å²) < 4.78 is 81.8. The molecule has 0 spiro atoms. The number of aromatic nitrogens is 8. The van der Waals surface area contributed by atoms with E-state index in [4.69, 9.17) is 24.7 Å². The average Bonchev–Trinajstić information content (AvgIpc) is 3.65. The molecule has 0 amide bonds. The lowest BCUT2D eigenvalue weighted by Crippen LogP contribution is -2.47. The van der Waals surface area contributed by atoms with Crippen molar-refractivity contribution in [2.24, 2.45) is 5.41 Å². The molecule has 4 fully saturated rings. The summed E-state index contributed by atoms with van der Waals surface area (Å²) in [6, 6.07) is -0.0880. The number of imidazole rings is 1. The van der Waals surface area contributed by atoms with Crippen LogP contribution in [0.25, 0.3) is 22.4 Å². The van der Waals surface area contributed by atoms with Gasteiger partial charge in [-0.15, -0.1) is 0 Å². The van der Waals surface area contributed by atoms with E-state index in [1.165, 1.54) is 12.5 Å². The Bertz CT molecular complexity index is 1800. The third-order valence-electron chi connectivity index (χ3n) is 9.78. The van der Waals surface area contributed by atoms with Crippen LogP contribution in [-0.4, -0.2) is 63.6 Å². The minimum Gasteiger partial charge on any atom is -0.480 e. The fraction of sp³-hybridized carbons (Fsp3) is 0.581. The Hall–Kier alpha value is -4.31. The molecule has 48 heavy (non-hydrogen) atoms. The van der Waals surface area contributed by atoms with Crippen LogP contribution < -0.4 is 4.74 Å². The molecule has 4 heterocycles. The van der Waals surface area contributed by atoms with Gasteiger partial charge in [0.2, 0.25) is 5.88 Å². The van der Waals surface area contributed by atoms with Gasteiger partial charge in [-0.25, -0.2) is 34.4 Å². The van der Waals surface area contributed by atoms with E-state index >= 15 is 0 Å². The van der Waals surface area contributed by atoms with Gasteiger partial charge >= 0.3 is 18.3 Å². The summed E-state index contributed by atoms with van der Waals surface area (Å²) in [5.41, 5.74) is 1.32. The maximum absolute atomic E-state index is 13.6. The molecule has 4 aromatic heterocycles. The molecule has 258 valence electrons. The highest BCUT2D eigenvalue weighted by Gasteiger charge is 2.52. The summed E-state index contributed by atoms with van der Waals surface area (Å²) in [6.07, 6.45) is 4.10. The van der Waals surface area contributed by atoms with Crippen LogP contribution in [0.15, 0.2) is 24.9 Å². The normalized spacial score (nSPS) is 22.5. The second-order valence-corrected chi connectivity index (χ2v) is 13.2. The largest absolute Gasteiger partial charge is 0.490 e. The first-order valence-electron chi connectivity index (χ1n) is 15.6. The monoisotopic (exact) mass is 680 g/mol. The maximum atomic E-state index is 13.6. The molecular formula is C31H34F6N8O3. The highest BCUT2D eigenvalue weighted by Crippen LogP contribution is 2.58. The van der Waals surface area contributed by atoms with Gasteiger partial charge in [0.05, 0.1) is 24.4 Å². The SMILES string of the molecule is COc1ncnc(C2CC2)c1-c1ncc2cnn(CC34CCC(c5nc(C(F)(F)F)cn5C(C)C)(CC3)CC4)c2n1.O=C(O)C(F)(F)F. The molecule has 0 unspecified atom stereocenters. The fourth-order valence-electron chi connectivity index (χ4n) is 6.99. The van der Waals surface area contributed by atoms with Gasteiger partial charge in [-0.3, -0.25) is 0 Å². The van der Waals surface area contributed by atoms with Crippen LogP contribution in [0, 0.1) is 5.41 Å².